The molecule has 5 aliphatic rings. The third-order valence-corrected chi connectivity index (χ3v) is 8.33. The minimum absolute atomic E-state index is 0.110. The molecule has 3 aliphatic carbocycles. The van der Waals surface area contributed by atoms with Gasteiger partial charge in [0.25, 0.3) is 0 Å². The maximum Gasteiger partial charge on any atom is 0.185 e. The van der Waals surface area contributed by atoms with Gasteiger partial charge in [-0.2, -0.15) is 0 Å². The summed E-state index contributed by atoms with van der Waals surface area (Å²) in [5.41, 5.74) is 2.57. The molecule has 0 aromatic rings. The number of hydrogen-bond acceptors (Lipinski definition) is 5. The first-order chi connectivity index (χ1) is 16.7. The molecule has 0 aromatic carbocycles. The van der Waals surface area contributed by atoms with Crippen LogP contribution in [-0.2, 0) is 9.47 Å². The average molecular weight is 467 g/mol. The van der Waals surface area contributed by atoms with Crippen LogP contribution in [0.5, 0.6) is 0 Å². The van der Waals surface area contributed by atoms with Gasteiger partial charge in [-0.1, -0.05) is 38.8 Å². The van der Waals surface area contributed by atoms with Crippen molar-refractivity contribution in [1.82, 2.24) is 10.6 Å². The van der Waals surface area contributed by atoms with E-state index in [1.54, 1.807) is 0 Å². The van der Waals surface area contributed by atoms with Crippen molar-refractivity contribution in [3.05, 3.63) is 58.9 Å². The van der Waals surface area contributed by atoms with E-state index >= 15 is 0 Å². The SMILES string of the molecule is CCCCC(CC)OC1=CC(C2CCCC3OC4=C(CCC=C4)C32)NC(C2=C(O)C=CCC2)N1. The molecule has 0 aromatic heterocycles. The van der Waals surface area contributed by atoms with E-state index in [1.807, 2.05) is 6.08 Å². The second-order valence-corrected chi connectivity index (χ2v) is 10.5. The van der Waals surface area contributed by atoms with Gasteiger partial charge in [0.1, 0.15) is 29.9 Å². The molecule has 3 N–H and O–H groups in total. The van der Waals surface area contributed by atoms with Crippen LogP contribution in [0.1, 0.15) is 84.5 Å². The van der Waals surface area contributed by atoms with Crippen LogP contribution in [0.15, 0.2) is 58.9 Å². The van der Waals surface area contributed by atoms with E-state index in [0.717, 1.165) is 62.2 Å². The first kappa shape index (κ1) is 23.6. The van der Waals surface area contributed by atoms with Crippen molar-refractivity contribution >= 4 is 0 Å². The van der Waals surface area contributed by atoms with E-state index < -0.39 is 0 Å². The lowest BCUT2D eigenvalue weighted by Crippen LogP contribution is -2.57. The summed E-state index contributed by atoms with van der Waals surface area (Å²) in [7, 11) is 0. The van der Waals surface area contributed by atoms with Crippen LogP contribution < -0.4 is 10.6 Å². The molecule has 5 nitrogen and oxygen atoms in total. The van der Waals surface area contributed by atoms with Gasteiger partial charge in [-0.3, -0.25) is 5.32 Å². The molecule has 0 saturated heterocycles. The summed E-state index contributed by atoms with van der Waals surface area (Å²) in [6, 6.07) is 0.185. The molecule has 1 saturated carbocycles. The second kappa shape index (κ2) is 10.6. The highest BCUT2D eigenvalue weighted by Crippen LogP contribution is 2.48. The van der Waals surface area contributed by atoms with Crippen molar-refractivity contribution in [2.45, 2.75) is 109 Å². The van der Waals surface area contributed by atoms with Crippen LogP contribution in [0.4, 0.5) is 0 Å². The molecule has 34 heavy (non-hydrogen) atoms. The number of allylic oxidation sites excluding steroid dienone is 4. The molecule has 0 radical (unpaired) electrons. The topological polar surface area (TPSA) is 62.8 Å². The van der Waals surface area contributed by atoms with E-state index in [4.69, 9.17) is 9.47 Å². The van der Waals surface area contributed by atoms with Gasteiger partial charge in [-0.05, 0) is 87.5 Å². The molecule has 0 bridgehead atoms. The zero-order valence-electron chi connectivity index (χ0n) is 20.9. The van der Waals surface area contributed by atoms with Gasteiger partial charge in [0.15, 0.2) is 5.88 Å². The van der Waals surface area contributed by atoms with E-state index in [-0.39, 0.29) is 18.3 Å². The van der Waals surface area contributed by atoms with Gasteiger partial charge in [0.2, 0.25) is 0 Å². The second-order valence-electron chi connectivity index (χ2n) is 10.5. The molecule has 2 heterocycles. The molecule has 6 atom stereocenters. The Bertz CT molecular complexity index is 899. The van der Waals surface area contributed by atoms with Crippen molar-refractivity contribution in [3.8, 4) is 0 Å². The maximum atomic E-state index is 10.7. The van der Waals surface area contributed by atoms with E-state index in [1.165, 1.54) is 31.3 Å². The van der Waals surface area contributed by atoms with Crippen LogP contribution in [0.3, 0.4) is 0 Å². The predicted octanol–water partition coefficient (Wildman–Crippen LogP) is 6.28. The smallest absolute Gasteiger partial charge is 0.185 e. The van der Waals surface area contributed by atoms with Gasteiger partial charge >= 0.3 is 0 Å². The molecule has 2 aliphatic heterocycles. The Kier molecular flexibility index (Phi) is 7.38. The Morgan fingerprint density at radius 1 is 1.12 bits per heavy atom. The van der Waals surface area contributed by atoms with Gasteiger partial charge in [0.05, 0.1) is 0 Å². The summed E-state index contributed by atoms with van der Waals surface area (Å²) in [6.07, 6.45) is 23.1. The Labute approximate surface area is 205 Å². The van der Waals surface area contributed by atoms with Gasteiger partial charge < -0.3 is 19.9 Å². The molecule has 6 unspecified atom stereocenters. The summed E-state index contributed by atoms with van der Waals surface area (Å²) in [5, 5.41) is 18.2. The minimum Gasteiger partial charge on any atom is -0.508 e. The van der Waals surface area contributed by atoms with Crippen molar-refractivity contribution in [3.63, 3.8) is 0 Å². The van der Waals surface area contributed by atoms with E-state index in [0.29, 0.717) is 23.7 Å². The Morgan fingerprint density at radius 3 is 2.74 bits per heavy atom. The number of ether oxygens (including phenoxy) is 2. The van der Waals surface area contributed by atoms with E-state index in [9.17, 15) is 5.11 Å². The lowest BCUT2D eigenvalue weighted by Gasteiger charge is -2.43. The molecular weight excluding hydrogens is 424 g/mol. The summed E-state index contributed by atoms with van der Waals surface area (Å²) < 4.78 is 13.0. The number of aliphatic hydroxyl groups is 1. The molecule has 5 rings (SSSR count). The standard InChI is InChI=1S/C29H42N2O3/c1-3-5-11-19(4-2)33-27-18-23(30-29(31-27)21-12-6-8-15-24(21)32)20-14-10-17-26-28(20)22-13-7-9-16-25(22)34-26/h8-9,15-16,18-20,23,26,28-32H,3-7,10-14,17H2,1-2H3. The third kappa shape index (κ3) is 4.82. The normalized spacial score (nSPS) is 33.6. The Balaban J connectivity index is 1.43. The first-order valence-corrected chi connectivity index (χ1v) is 13.7. The fraction of sp³-hybridized carbons (Fsp3) is 0.655. The molecule has 0 spiro atoms. The van der Waals surface area contributed by atoms with Crippen LogP contribution in [0, 0.1) is 11.8 Å². The van der Waals surface area contributed by atoms with Gasteiger partial charge in [-0.15, -0.1) is 0 Å². The number of rotatable bonds is 8. The number of hydrogen-bond donors (Lipinski definition) is 3. The van der Waals surface area contributed by atoms with E-state index in [2.05, 4.69) is 48.8 Å². The highest BCUT2D eigenvalue weighted by Gasteiger charge is 2.47. The van der Waals surface area contributed by atoms with Crippen molar-refractivity contribution < 1.29 is 14.6 Å². The van der Waals surface area contributed by atoms with Crippen LogP contribution in [0.25, 0.3) is 0 Å². The first-order valence-electron chi connectivity index (χ1n) is 13.7. The number of aliphatic hydroxyl groups excluding tert-OH is 1. The lowest BCUT2D eigenvalue weighted by atomic mass is 9.69. The molecule has 1 fully saturated rings. The molecule has 5 heteroatoms. The maximum absolute atomic E-state index is 10.7. The molecule has 0 amide bonds. The van der Waals surface area contributed by atoms with Crippen molar-refractivity contribution in [1.29, 1.82) is 0 Å². The number of fused-ring (bicyclic) bond motifs is 2. The zero-order valence-corrected chi connectivity index (χ0v) is 20.9. The average Bonchev–Trinajstić information content (AvgIpc) is 3.25. The Morgan fingerprint density at radius 2 is 1.94 bits per heavy atom. The zero-order chi connectivity index (χ0) is 23.5. The quantitative estimate of drug-likeness (QED) is 0.393. The molecular formula is C29H42N2O3. The predicted molar refractivity (Wildman–Crippen MR) is 136 cm³/mol. The monoisotopic (exact) mass is 466 g/mol. The fourth-order valence-corrected chi connectivity index (χ4v) is 6.54. The summed E-state index contributed by atoms with van der Waals surface area (Å²) >= 11 is 0. The fourth-order valence-electron chi connectivity index (χ4n) is 6.54. The largest absolute Gasteiger partial charge is 0.508 e. The van der Waals surface area contributed by atoms with Crippen LogP contribution in [0.2, 0.25) is 0 Å². The number of nitrogens with one attached hydrogen (secondary N) is 2. The lowest BCUT2D eigenvalue weighted by molar-refractivity contribution is 0.0408. The summed E-state index contributed by atoms with van der Waals surface area (Å²) in [5.74, 6) is 3.35. The van der Waals surface area contributed by atoms with Crippen molar-refractivity contribution in [2.24, 2.45) is 11.8 Å². The van der Waals surface area contributed by atoms with Crippen molar-refractivity contribution in [2.75, 3.05) is 0 Å². The van der Waals surface area contributed by atoms with Crippen LogP contribution in [-0.4, -0.2) is 29.5 Å². The number of unbranched alkanes of at least 4 members (excludes halogenated alkanes) is 1. The van der Waals surface area contributed by atoms with Crippen LogP contribution >= 0.6 is 0 Å². The third-order valence-electron chi connectivity index (χ3n) is 8.33. The van der Waals surface area contributed by atoms with Gasteiger partial charge in [-0.25, -0.2) is 0 Å². The molecule has 186 valence electrons. The minimum atomic E-state index is -0.110. The summed E-state index contributed by atoms with van der Waals surface area (Å²) in [4.78, 5) is 0. The Hall–Kier alpha value is -2.14. The highest BCUT2D eigenvalue weighted by molar-refractivity contribution is 5.34. The van der Waals surface area contributed by atoms with Gasteiger partial charge in [0, 0.05) is 17.5 Å². The summed E-state index contributed by atoms with van der Waals surface area (Å²) in [6.45, 7) is 4.45. The highest BCUT2D eigenvalue weighted by atomic mass is 16.5.